The first kappa shape index (κ1) is 21.2. The van der Waals surface area contributed by atoms with Gasteiger partial charge in [0.15, 0.2) is 0 Å². The van der Waals surface area contributed by atoms with Crippen molar-refractivity contribution in [2.24, 2.45) is 0 Å². The monoisotopic (exact) mass is 438 g/mol. The van der Waals surface area contributed by atoms with Gasteiger partial charge in [0.1, 0.15) is 0 Å². The minimum absolute atomic E-state index is 0.134. The lowest BCUT2D eigenvalue weighted by atomic mass is 10.0. The van der Waals surface area contributed by atoms with Gasteiger partial charge in [0.2, 0.25) is 15.9 Å². The molecule has 0 spiro atoms. The van der Waals surface area contributed by atoms with Crippen LogP contribution in [-0.4, -0.2) is 37.5 Å². The lowest BCUT2D eigenvalue weighted by molar-refractivity contribution is -0.117. The molecule has 3 rings (SSSR count). The highest BCUT2D eigenvalue weighted by molar-refractivity contribution is 7.98. The van der Waals surface area contributed by atoms with Crippen molar-refractivity contribution < 1.29 is 13.2 Å². The van der Waals surface area contributed by atoms with Crippen LogP contribution in [0, 0.1) is 0 Å². The number of hydrogen-bond donors (Lipinski definition) is 1. The highest BCUT2D eigenvalue weighted by atomic mass is 35.5. The maximum absolute atomic E-state index is 13.1. The molecule has 0 saturated carbocycles. The highest BCUT2D eigenvalue weighted by Crippen LogP contribution is 2.29. The number of rotatable bonds is 6. The minimum Gasteiger partial charge on any atom is -0.325 e. The summed E-state index contributed by atoms with van der Waals surface area (Å²) in [6, 6.07) is 13.4. The summed E-state index contributed by atoms with van der Waals surface area (Å²) in [5, 5.41) is 3.42. The Morgan fingerprint density at radius 1 is 1.18 bits per heavy atom. The summed E-state index contributed by atoms with van der Waals surface area (Å²) >= 11 is 7.44. The lowest BCUT2D eigenvalue weighted by Crippen LogP contribution is -2.45. The number of carbonyl (C=O) groups is 1. The summed E-state index contributed by atoms with van der Waals surface area (Å²) in [4.78, 5) is 13.8. The molecule has 0 bridgehead atoms. The summed E-state index contributed by atoms with van der Waals surface area (Å²) in [6.45, 7) is 0.421. The fourth-order valence-electron chi connectivity index (χ4n) is 3.40. The number of carbonyl (C=O) groups excluding carboxylic acids is 1. The topological polar surface area (TPSA) is 66.5 Å². The quantitative estimate of drug-likeness (QED) is 0.667. The van der Waals surface area contributed by atoms with Gasteiger partial charge in [-0.2, -0.15) is 4.31 Å². The van der Waals surface area contributed by atoms with Crippen LogP contribution < -0.4 is 5.32 Å². The second kappa shape index (κ2) is 9.31. The largest absolute Gasteiger partial charge is 0.325 e. The molecule has 8 heteroatoms. The van der Waals surface area contributed by atoms with E-state index in [1.165, 1.54) is 16.4 Å². The zero-order chi connectivity index (χ0) is 20.1. The van der Waals surface area contributed by atoms with Gasteiger partial charge in [0.25, 0.3) is 0 Å². The average Bonchev–Trinajstić information content (AvgIpc) is 2.69. The van der Waals surface area contributed by atoms with Gasteiger partial charge in [-0.15, -0.1) is 11.8 Å². The van der Waals surface area contributed by atoms with Crippen molar-refractivity contribution in [3.8, 4) is 0 Å². The Morgan fingerprint density at radius 3 is 2.61 bits per heavy atom. The van der Waals surface area contributed by atoms with E-state index >= 15 is 0 Å². The third-order valence-electron chi connectivity index (χ3n) is 4.80. The third-order valence-corrected chi connectivity index (χ3v) is 7.81. The van der Waals surface area contributed by atoms with Crippen molar-refractivity contribution in [2.45, 2.75) is 41.5 Å². The maximum Gasteiger partial charge on any atom is 0.243 e. The number of anilines is 1. The van der Waals surface area contributed by atoms with Crippen molar-refractivity contribution in [3.63, 3.8) is 0 Å². The molecule has 1 amide bonds. The van der Waals surface area contributed by atoms with Crippen molar-refractivity contribution in [1.29, 1.82) is 0 Å². The molecule has 0 aliphatic carbocycles. The maximum atomic E-state index is 13.1. The minimum atomic E-state index is -3.67. The molecule has 1 heterocycles. The van der Waals surface area contributed by atoms with Gasteiger partial charge < -0.3 is 5.32 Å². The van der Waals surface area contributed by atoms with Gasteiger partial charge in [-0.25, -0.2) is 8.42 Å². The number of nitrogens with one attached hydrogen (secondary N) is 1. The van der Waals surface area contributed by atoms with Crippen molar-refractivity contribution in [3.05, 3.63) is 53.6 Å². The number of amides is 1. The van der Waals surface area contributed by atoms with Crippen LogP contribution in [0.25, 0.3) is 0 Å². The first-order valence-corrected chi connectivity index (χ1v) is 12.2. The van der Waals surface area contributed by atoms with Gasteiger partial charge in [0.05, 0.1) is 10.6 Å². The molecule has 0 unspecified atom stereocenters. The third kappa shape index (κ3) is 4.89. The van der Waals surface area contributed by atoms with Gasteiger partial charge in [0, 0.05) is 28.9 Å². The second-order valence-corrected chi connectivity index (χ2v) is 9.85. The van der Waals surface area contributed by atoms with Crippen molar-refractivity contribution in [1.82, 2.24) is 4.31 Å². The van der Waals surface area contributed by atoms with Crippen LogP contribution in [-0.2, 0) is 14.8 Å². The summed E-state index contributed by atoms with van der Waals surface area (Å²) < 4.78 is 27.7. The molecule has 5 nitrogen and oxygen atoms in total. The Balaban J connectivity index is 1.76. The number of benzene rings is 2. The predicted octanol–water partition coefficient (Wildman–Crippen LogP) is 4.63. The van der Waals surface area contributed by atoms with Crippen LogP contribution in [0.3, 0.4) is 0 Å². The molecule has 1 aliphatic heterocycles. The zero-order valence-electron chi connectivity index (χ0n) is 15.6. The molecule has 0 radical (unpaired) electrons. The first-order chi connectivity index (χ1) is 13.4. The Labute approximate surface area is 175 Å². The zero-order valence-corrected chi connectivity index (χ0v) is 18.0. The summed E-state index contributed by atoms with van der Waals surface area (Å²) in [5.74, 6) is -0.176. The van der Waals surface area contributed by atoms with E-state index in [1.807, 2.05) is 30.5 Å². The Hall–Kier alpha value is -1.54. The normalized spacial score (nSPS) is 18.0. The standard InChI is InChI=1S/C20H23ClN2O3S2/c1-27-19-8-3-2-7-18(19)22-20(24)14-16-6-4-5-13-23(16)28(25,26)17-11-9-15(21)10-12-17/h2-3,7-12,16H,4-6,13-14H2,1H3,(H,22,24)/t16-/m1/s1. The molecule has 1 aliphatic rings. The van der Waals surface area contributed by atoms with Crippen LogP contribution in [0.2, 0.25) is 5.02 Å². The molecule has 1 saturated heterocycles. The number of hydrogen-bond acceptors (Lipinski definition) is 4. The summed E-state index contributed by atoms with van der Waals surface area (Å²) in [5.41, 5.74) is 0.753. The molecular weight excluding hydrogens is 416 g/mol. The van der Waals surface area contributed by atoms with E-state index < -0.39 is 10.0 Å². The molecule has 1 N–H and O–H groups in total. The van der Waals surface area contributed by atoms with E-state index in [1.54, 1.807) is 23.9 Å². The van der Waals surface area contributed by atoms with Gasteiger partial charge in [-0.3, -0.25) is 4.79 Å². The number of para-hydroxylation sites is 1. The smallest absolute Gasteiger partial charge is 0.243 e. The van der Waals surface area contributed by atoms with Crippen LogP contribution >= 0.6 is 23.4 Å². The molecular formula is C20H23ClN2O3S2. The Kier molecular flexibility index (Phi) is 7.04. The Bertz CT molecular complexity index is 933. The average molecular weight is 439 g/mol. The number of sulfonamides is 1. The second-order valence-electron chi connectivity index (χ2n) is 6.67. The molecule has 2 aromatic rings. The fourth-order valence-corrected chi connectivity index (χ4v) is 5.77. The predicted molar refractivity (Wildman–Crippen MR) is 114 cm³/mol. The molecule has 150 valence electrons. The number of halogens is 1. The SMILES string of the molecule is CSc1ccccc1NC(=O)C[C@H]1CCCCN1S(=O)(=O)c1ccc(Cl)cc1. The van der Waals surface area contributed by atoms with Gasteiger partial charge in [-0.1, -0.05) is 30.2 Å². The van der Waals surface area contributed by atoms with Crippen LogP contribution in [0.15, 0.2) is 58.3 Å². The first-order valence-electron chi connectivity index (χ1n) is 9.12. The molecule has 0 aromatic heterocycles. The van der Waals surface area contributed by atoms with Crippen molar-refractivity contribution >= 4 is 45.0 Å². The van der Waals surface area contributed by atoms with E-state index in [2.05, 4.69) is 5.32 Å². The lowest BCUT2D eigenvalue weighted by Gasteiger charge is -2.34. The number of piperidine rings is 1. The highest BCUT2D eigenvalue weighted by Gasteiger charge is 2.34. The van der Waals surface area contributed by atoms with E-state index in [0.717, 1.165) is 23.4 Å². The van der Waals surface area contributed by atoms with Crippen LogP contribution in [0.5, 0.6) is 0 Å². The van der Waals surface area contributed by atoms with E-state index in [9.17, 15) is 13.2 Å². The molecule has 1 atom stereocenters. The molecule has 28 heavy (non-hydrogen) atoms. The fraction of sp³-hybridized carbons (Fsp3) is 0.350. The van der Waals surface area contributed by atoms with E-state index in [-0.39, 0.29) is 23.3 Å². The molecule has 2 aromatic carbocycles. The van der Waals surface area contributed by atoms with Gasteiger partial charge >= 0.3 is 0 Å². The van der Waals surface area contributed by atoms with Gasteiger partial charge in [-0.05, 0) is 55.5 Å². The van der Waals surface area contributed by atoms with Crippen LogP contribution in [0.4, 0.5) is 5.69 Å². The van der Waals surface area contributed by atoms with Crippen molar-refractivity contribution in [2.75, 3.05) is 18.1 Å². The van der Waals surface area contributed by atoms with E-state index in [0.29, 0.717) is 18.0 Å². The molecule has 1 fully saturated rings. The van der Waals surface area contributed by atoms with E-state index in [4.69, 9.17) is 11.6 Å². The van der Waals surface area contributed by atoms with Crippen LogP contribution in [0.1, 0.15) is 25.7 Å². The summed E-state index contributed by atoms with van der Waals surface area (Å²) in [6.07, 6.45) is 4.46. The Morgan fingerprint density at radius 2 is 1.89 bits per heavy atom. The number of thioether (sulfide) groups is 1. The number of nitrogens with zero attached hydrogens (tertiary/aromatic N) is 1. The summed E-state index contributed by atoms with van der Waals surface area (Å²) in [7, 11) is -3.67.